The van der Waals surface area contributed by atoms with E-state index < -0.39 is 0 Å². The van der Waals surface area contributed by atoms with Crippen LogP contribution < -0.4 is 10.6 Å². The first-order valence-electron chi connectivity index (χ1n) is 9.67. The molecule has 0 saturated carbocycles. The van der Waals surface area contributed by atoms with Gasteiger partial charge in [-0.2, -0.15) is 0 Å². The third kappa shape index (κ3) is 59.6. The molecule has 0 aromatic heterocycles. The molecule has 2 N–H and O–H groups in total. The van der Waals surface area contributed by atoms with Crippen molar-refractivity contribution in [3.05, 3.63) is 26.3 Å². The third-order valence-electron chi connectivity index (χ3n) is 2.90. The highest BCUT2D eigenvalue weighted by atomic mass is 14.9. The lowest BCUT2D eigenvalue weighted by Gasteiger charge is -2.08. The van der Waals surface area contributed by atoms with Crippen molar-refractivity contribution in [3.8, 4) is 0 Å². The molecule has 0 aromatic carbocycles. The Morgan fingerprint density at radius 3 is 1.00 bits per heavy atom. The summed E-state index contributed by atoms with van der Waals surface area (Å²) in [6.45, 7) is 34.7. The van der Waals surface area contributed by atoms with Gasteiger partial charge in [0.15, 0.2) is 0 Å². The minimum Gasteiger partial charge on any atom is -0.317 e. The van der Waals surface area contributed by atoms with Gasteiger partial charge in [-0.1, -0.05) is 55.4 Å². The van der Waals surface area contributed by atoms with Gasteiger partial charge in [0, 0.05) is 8.41 Å². The van der Waals surface area contributed by atoms with Crippen molar-refractivity contribution >= 4 is 8.41 Å². The van der Waals surface area contributed by atoms with Gasteiger partial charge in [0.1, 0.15) is 0 Å². The van der Waals surface area contributed by atoms with Gasteiger partial charge in [-0.25, -0.2) is 0 Å². The monoisotopic (exact) mass is 353 g/mol. The Morgan fingerprint density at radius 2 is 0.800 bits per heavy atom. The fourth-order valence-corrected chi connectivity index (χ4v) is 1.57. The van der Waals surface area contributed by atoms with E-state index in [1.165, 1.54) is 25.9 Å². The first kappa shape index (κ1) is 35.6. The summed E-state index contributed by atoms with van der Waals surface area (Å²) in [5.41, 5.74) is 0. The molecule has 0 bridgehead atoms. The molecule has 0 aliphatic carbocycles. The van der Waals surface area contributed by atoms with Gasteiger partial charge in [0.25, 0.3) is 0 Å². The summed E-state index contributed by atoms with van der Waals surface area (Å²) >= 11 is 0. The van der Waals surface area contributed by atoms with Crippen LogP contribution in [0.4, 0.5) is 0 Å². The van der Waals surface area contributed by atoms with Crippen LogP contribution in [-0.2, 0) is 0 Å². The molecule has 0 heterocycles. The van der Waals surface area contributed by atoms with Gasteiger partial charge in [-0.3, -0.25) is 0 Å². The highest BCUT2D eigenvalue weighted by Gasteiger charge is 1.95. The molecule has 3 heteroatoms. The van der Waals surface area contributed by atoms with Crippen molar-refractivity contribution < 1.29 is 0 Å². The molecule has 2 nitrogen and oxygen atoms in total. The quantitative estimate of drug-likeness (QED) is 0.295. The minimum atomic E-state index is 0. The molecule has 0 spiro atoms. The predicted octanol–water partition coefficient (Wildman–Crippen LogP) is 5.78. The second-order valence-electron chi connectivity index (χ2n) is 7.56. The van der Waals surface area contributed by atoms with E-state index in [1.54, 1.807) is 0 Å². The van der Waals surface area contributed by atoms with E-state index in [0.717, 1.165) is 36.8 Å². The molecular formula is C22H50BN2. The van der Waals surface area contributed by atoms with Crippen LogP contribution in [0.2, 0.25) is 0 Å². The largest absolute Gasteiger partial charge is 0.317 e. The maximum atomic E-state index is 3.45. The Labute approximate surface area is 163 Å². The standard InChI is InChI=1S/C10H23N.C8H19N.2C2H4.B/c1-9(2)5-7-11-8-6-10(3)4;1-7(2)5-9-6-8(3)4;2*1-2;/h9-11H,5-8H2,1-4H3;7-9H,5-6H2,1-4H3;2*1-2H2;. The second-order valence-corrected chi connectivity index (χ2v) is 7.56. The van der Waals surface area contributed by atoms with Crippen molar-refractivity contribution in [2.45, 2.75) is 68.2 Å². The Balaban J connectivity index is -0.0000000867. The van der Waals surface area contributed by atoms with E-state index in [2.05, 4.69) is 92.3 Å². The van der Waals surface area contributed by atoms with Crippen LogP contribution in [0.5, 0.6) is 0 Å². The zero-order valence-corrected chi connectivity index (χ0v) is 19.0. The van der Waals surface area contributed by atoms with Gasteiger partial charge in [-0.15, -0.1) is 26.3 Å². The molecule has 0 amide bonds. The van der Waals surface area contributed by atoms with E-state index in [4.69, 9.17) is 0 Å². The summed E-state index contributed by atoms with van der Waals surface area (Å²) in [4.78, 5) is 0. The normalized spacial score (nSPS) is 9.44. The highest BCUT2D eigenvalue weighted by molar-refractivity contribution is 5.75. The summed E-state index contributed by atoms with van der Waals surface area (Å²) in [6, 6.07) is 0. The molecule has 0 fully saturated rings. The first-order chi connectivity index (χ1) is 11.3. The zero-order valence-electron chi connectivity index (χ0n) is 19.0. The van der Waals surface area contributed by atoms with Crippen molar-refractivity contribution in [3.63, 3.8) is 0 Å². The van der Waals surface area contributed by atoms with E-state index in [-0.39, 0.29) is 8.41 Å². The van der Waals surface area contributed by atoms with Crippen LogP contribution in [-0.4, -0.2) is 34.6 Å². The van der Waals surface area contributed by atoms with Crippen molar-refractivity contribution in [2.75, 3.05) is 26.2 Å². The first-order valence-corrected chi connectivity index (χ1v) is 9.67. The minimum absolute atomic E-state index is 0. The fourth-order valence-electron chi connectivity index (χ4n) is 1.57. The Morgan fingerprint density at radius 1 is 0.520 bits per heavy atom. The number of hydrogen-bond acceptors (Lipinski definition) is 2. The van der Waals surface area contributed by atoms with Gasteiger partial charge < -0.3 is 10.6 Å². The molecule has 0 saturated heterocycles. The average Bonchev–Trinajstić information content (AvgIpc) is 2.50. The van der Waals surface area contributed by atoms with E-state index in [1.807, 2.05) is 0 Å². The molecule has 0 aromatic rings. The molecule has 0 aliphatic rings. The summed E-state index contributed by atoms with van der Waals surface area (Å²) in [5, 5.41) is 6.83. The number of hydrogen-bond donors (Lipinski definition) is 2. The molecule has 25 heavy (non-hydrogen) atoms. The van der Waals surface area contributed by atoms with Crippen molar-refractivity contribution in [1.82, 2.24) is 10.6 Å². The lowest BCUT2D eigenvalue weighted by Crippen LogP contribution is -2.23. The average molecular weight is 353 g/mol. The fraction of sp³-hybridized carbons (Fsp3) is 0.818. The SMILES string of the molecule is C=C.C=C.CC(C)CCNCCC(C)C.CC(C)CNCC(C)C.[B]. The van der Waals surface area contributed by atoms with Crippen LogP contribution >= 0.6 is 0 Å². The summed E-state index contributed by atoms with van der Waals surface area (Å²) in [7, 11) is 0. The molecule has 0 unspecified atom stereocenters. The summed E-state index contributed by atoms with van der Waals surface area (Å²) in [6.07, 6.45) is 2.61. The van der Waals surface area contributed by atoms with Crippen molar-refractivity contribution in [1.29, 1.82) is 0 Å². The Kier molecular flexibility index (Phi) is 44.4. The van der Waals surface area contributed by atoms with E-state index in [9.17, 15) is 0 Å². The molecule has 0 aliphatic heterocycles. The Hall–Kier alpha value is -0.535. The van der Waals surface area contributed by atoms with Gasteiger partial charge in [0.2, 0.25) is 0 Å². The van der Waals surface area contributed by atoms with Crippen LogP contribution in [0.1, 0.15) is 68.2 Å². The summed E-state index contributed by atoms with van der Waals surface area (Å²) in [5.74, 6) is 3.23. The van der Waals surface area contributed by atoms with Crippen LogP contribution in [0.25, 0.3) is 0 Å². The van der Waals surface area contributed by atoms with Crippen LogP contribution in [0.3, 0.4) is 0 Å². The van der Waals surface area contributed by atoms with Crippen LogP contribution in [0.15, 0.2) is 26.3 Å². The third-order valence-corrected chi connectivity index (χ3v) is 2.90. The molecule has 0 rings (SSSR count). The molecule has 0 atom stereocenters. The molecular weight excluding hydrogens is 303 g/mol. The lowest BCUT2D eigenvalue weighted by molar-refractivity contribution is 0.497. The number of rotatable bonds is 10. The maximum absolute atomic E-state index is 3.45. The molecule has 151 valence electrons. The van der Waals surface area contributed by atoms with Crippen LogP contribution in [0, 0.1) is 23.7 Å². The topological polar surface area (TPSA) is 24.1 Å². The second kappa shape index (κ2) is 31.3. The zero-order chi connectivity index (χ0) is 20.0. The van der Waals surface area contributed by atoms with Gasteiger partial charge in [0.05, 0.1) is 0 Å². The Bertz CT molecular complexity index is 184. The summed E-state index contributed by atoms with van der Waals surface area (Å²) < 4.78 is 0. The number of nitrogens with one attached hydrogen (secondary N) is 2. The highest BCUT2D eigenvalue weighted by Crippen LogP contribution is 1.98. The molecule has 3 radical (unpaired) electrons. The smallest absolute Gasteiger partial charge is 0 e. The maximum Gasteiger partial charge on any atom is 0 e. The van der Waals surface area contributed by atoms with Crippen molar-refractivity contribution in [2.24, 2.45) is 23.7 Å². The van der Waals surface area contributed by atoms with Gasteiger partial charge in [-0.05, 0) is 62.7 Å². The van der Waals surface area contributed by atoms with E-state index in [0.29, 0.717) is 0 Å². The van der Waals surface area contributed by atoms with Gasteiger partial charge >= 0.3 is 0 Å². The predicted molar refractivity (Wildman–Crippen MR) is 123 cm³/mol. The lowest BCUT2D eigenvalue weighted by atomic mass is 10.1. The van der Waals surface area contributed by atoms with E-state index >= 15 is 0 Å².